The van der Waals surface area contributed by atoms with Crippen LogP contribution in [0.5, 0.6) is 0 Å². The van der Waals surface area contributed by atoms with E-state index in [1.54, 1.807) is 41.8 Å². The number of fused-ring (bicyclic) bond motifs is 1. The van der Waals surface area contributed by atoms with Gasteiger partial charge in [0.25, 0.3) is 0 Å². The molecule has 0 saturated carbocycles. The van der Waals surface area contributed by atoms with E-state index >= 15 is 0 Å². The molecule has 0 saturated heterocycles. The van der Waals surface area contributed by atoms with E-state index in [2.05, 4.69) is 10.3 Å². The van der Waals surface area contributed by atoms with Gasteiger partial charge >= 0.3 is 0 Å². The number of halogens is 1. The van der Waals surface area contributed by atoms with E-state index in [0.29, 0.717) is 21.9 Å². The molecular formula is C26H22ClN3O3. The number of benzene rings is 2. The molecule has 0 radical (unpaired) electrons. The number of carbonyl (C=O) groups excluding carboxylic acids is 2. The number of hydrogen-bond acceptors (Lipinski definition) is 4. The molecule has 0 bridgehead atoms. The standard InChI is InChI=1S/C26H22ClN3O3/c1-15-6-4-7-16(2)23(15)29-22(31)14-30-13-21(24(32)18-8-5-9-19(27)12-18)25(33)20-11-10-17(3)28-26(20)30/h4-13H,14H2,1-3H3,(H,29,31). The van der Waals surface area contributed by atoms with Gasteiger partial charge in [0, 0.05) is 28.2 Å². The average molecular weight is 460 g/mol. The summed E-state index contributed by atoms with van der Waals surface area (Å²) >= 11 is 6.03. The Labute approximate surface area is 195 Å². The predicted molar refractivity (Wildman–Crippen MR) is 130 cm³/mol. The van der Waals surface area contributed by atoms with Crippen molar-refractivity contribution in [2.24, 2.45) is 0 Å². The number of ketones is 1. The first-order valence-electron chi connectivity index (χ1n) is 10.4. The van der Waals surface area contributed by atoms with Crippen LogP contribution >= 0.6 is 11.6 Å². The number of pyridine rings is 2. The molecular weight excluding hydrogens is 438 g/mol. The van der Waals surface area contributed by atoms with Gasteiger partial charge in [0.05, 0.1) is 10.9 Å². The first-order chi connectivity index (χ1) is 15.7. The summed E-state index contributed by atoms with van der Waals surface area (Å²) in [6, 6.07) is 15.5. The van der Waals surface area contributed by atoms with E-state index in [9.17, 15) is 14.4 Å². The number of nitrogens with zero attached hydrogens (tertiary/aromatic N) is 2. The number of amides is 1. The Morgan fingerprint density at radius 2 is 1.70 bits per heavy atom. The Hall–Kier alpha value is -3.77. The summed E-state index contributed by atoms with van der Waals surface area (Å²) in [6.45, 7) is 5.53. The molecule has 166 valence electrons. The van der Waals surface area contributed by atoms with Gasteiger partial charge in [0.1, 0.15) is 12.2 Å². The maximum Gasteiger partial charge on any atom is 0.244 e. The summed E-state index contributed by atoms with van der Waals surface area (Å²) < 4.78 is 1.55. The van der Waals surface area contributed by atoms with Gasteiger partial charge < -0.3 is 9.88 Å². The van der Waals surface area contributed by atoms with Crippen LogP contribution in [0.3, 0.4) is 0 Å². The third-order valence-electron chi connectivity index (χ3n) is 5.45. The molecule has 0 aliphatic carbocycles. The molecule has 6 nitrogen and oxygen atoms in total. The third kappa shape index (κ3) is 4.56. The monoisotopic (exact) mass is 459 g/mol. The second-order valence-electron chi connectivity index (χ2n) is 7.98. The first kappa shape index (κ1) is 22.4. The molecule has 2 heterocycles. The largest absolute Gasteiger partial charge is 0.324 e. The number of hydrogen-bond donors (Lipinski definition) is 1. The van der Waals surface area contributed by atoms with Crippen LogP contribution < -0.4 is 10.7 Å². The lowest BCUT2D eigenvalue weighted by molar-refractivity contribution is -0.116. The molecule has 2 aromatic heterocycles. The van der Waals surface area contributed by atoms with Crippen LogP contribution in [0.1, 0.15) is 32.7 Å². The van der Waals surface area contributed by atoms with Crippen molar-refractivity contribution in [3.05, 3.63) is 104 Å². The van der Waals surface area contributed by atoms with Gasteiger partial charge in [-0.05, 0) is 56.2 Å². The normalized spacial score (nSPS) is 10.9. The Balaban J connectivity index is 1.79. The molecule has 0 fully saturated rings. The van der Waals surface area contributed by atoms with Crippen LogP contribution in [-0.4, -0.2) is 21.2 Å². The van der Waals surface area contributed by atoms with E-state index in [4.69, 9.17) is 11.6 Å². The smallest absolute Gasteiger partial charge is 0.244 e. The molecule has 0 unspecified atom stereocenters. The Morgan fingerprint density at radius 1 is 1.00 bits per heavy atom. The highest BCUT2D eigenvalue weighted by Gasteiger charge is 2.19. The van der Waals surface area contributed by atoms with Gasteiger partial charge in [0.2, 0.25) is 11.3 Å². The zero-order valence-electron chi connectivity index (χ0n) is 18.5. The van der Waals surface area contributed by atoms with Crippen LogP contribution in [0.15, 0.2) is 65.6 Å². The SMILES string of the molecule is Cc1ccc2c(=O)c(C(=O)c3cccc(Cl)c3)cn(CC(=O)Nc3c(C)cccc3C)c2n1. The lowest BCUT2D eigenvalue weighted by Gasteiger charge is -2.15. The van der Waals surface area contributed by atoms with Gasteiger partial charge in [-0.15, -0.1) is 0 Å². The van der Waals surface area contributed by atoms with Crippen molar-refractivity contribution in [3.8, 4) is 0 Å². The zero-order valence-corrected chi connectivity index (χ0v) is 19.2. The van der Waals surface area contributed by atoms with Crippen LogP contribution in [-0.2, 0) is 11.3 Å². The van der Waals surface area contributed by atoms with E-state index in [1.165, 1.54) is 12.3 Å². The zero-order chi connectivity index (χ0) is 23.7. The van der Waals surface area contributed by atoms with Crippen molar-refractivity contribution in [2.45, 2.75) is 27.3 Å². The molecule has 1 N–H and O–H groups in total. The fraction of sp³-hybridized carbons (Fsp3) is 0.154. The van der Waals surface area contributed by atoms with E-state index in [-0.39, 0.29) is 23.4 Å². The molecule has 1 amide bonds. The molecule has 33 heavy (non-hydrogen) atoms. The molecule has 0 aliphatic rings. The predicted octanol–water partition coefficient (Wildman–Crippen LogP) is 4.84. The van der Waals surface area contributed by atoms with Crippen molar-refractivity contribution < 1.29 is 9.59 Å². The number of para-hydroxylation sites is 1. The van der Waals surface area contributed by atoms with Crippen molar-refractivity contribution in [1.29, 1.82) is 0 Å². The van der Waals surface area contributed by atoms with E-state index < -0.39 is 11.2 Å². The van der Waals surface area contributed by atoms with Crippen molar-refractivity contribution in [1.82, 2.24) is 9.55 Å². The quantitative estimate of drug-likeness (QED) is 0.433. The van der Waals surface area contributed by atoms with Gasteiger partial charge in [0.15, 0.2) is 5.78 Å². The first-order valence-corrected chi connectivity index (χ1v) is 10.8. The number of nitrogens with one attached hydrogen (secondary N) is 1. The number of aryl methyl sites for hydroxylation is 3. The number of anilines is 1. The van der Waals surface area contributed by atoms with E-state index in [0.717, 1.165) is 16.8 Å². The highest BCUT2D eigenvalue weighted by atomic mass is 35.5. The van der Waals surface area contributed by atoms with Gasteiger partial charge in [-0.1, -0.05) is 41.9 Å². The van der Waals surface area contributed by atoms with Crippen LogP contribution in [0.4, 0.5) is 5.69 Å². The molecule has 7 heteroatoms. The summed E-state index contributed by atoms with van der Waals surface area (Å²) in [5.74, 6) is -0.754. The topological polar surface area (TPSA) is 81.1 Å². The fourth-order valence-corrected chi connectivity index (χ4v) is 3.96. The number of carbonyl (C=O) groups is 2. The summed E-state index contributed by atoms with van der Waals surface area (Å²) in [4.78, 5) is 43.7. The second kappa shape index (κ2) is 9.00. The summed E-state index contributed by atoms with van der Waals surface area (Å²) in [6.07, 6.45) is 1.41. The van der Waals surface area contributed by atoms with E-state index in [1.807, 2.05) is 32.0 Å². The molecule has 0 aliphatic heterocycles. The van der Waals surface area contributed by atoms with Gasteiger partial charge in [-0.3, -0.25) is 14.4 Å². The maximum absolute atomic E-state index is 13.2. The molecule has 4 aromatic rings. The summed E-state index contributed by atoms with van der Waals surface area (Å²) in [5.41, 5.74) is 3.48. The van der Waals surface area contributed by atoms with Crippen molar-refractivity contribution >= 4 is 40.0 Å². The minimum absolute atomic E-state index is 0.0460. The second-order valence-corrected chi connectivity index (χ2v) is 8.41. The average Bonchev–Trinajstić information content (AvgIpc) is 2.78. The highest BCUT2D eigenvalue weighted by molar-refractivity contribution is 6.31. The summed E-state index contributed by atoms with van der Waals surface area (Å²) in [7, 11) is 0. The molecule has 4 rings (SSSR count). The minimum Gasteiger partial charge on any atom is -0.324 e. The van der Waals surface area contributed by atoms with Gasteiger partial charge in [-0.25, -0.2) is 4.98 Å². The van der Waals surface area contributed by atoms with Crippen molar-refractivity contribution in [3.63, 3.8) is 0 Å². The lowest BCUT2D eigenvalue weighted by Crippen LogP contribution is -2.25. The molecule has 0 atom stereocenters. The number of aromatic nitrogens is 2. The lowest BCUT2D eigenvalue weighted by atomic mass is 10.0. The minimum atomic E-state index is -0.464. The maximum atomic E-state index is 13.2. The Bertz CT molecular complexity index is 1450. The number of rotatable bonds is 5. The highest BCUT2D eigenvalue weighted by Crippen LogP contribution is 2.20. The van der Waals surface area contributed by atoms with Crippen LogP contribution in [0, 0.1) is 20.8 Å². The van der Waals surface area contributed by atoms with Gasteiger partial charge in [-0.2, -0.15) is 0 Å². The third-order valence-corrected chi connectivity index (χ3v) is 5.69. The molecule has 0 spiro atoms. The summed E-state index contributed by atoms with van der Waals surface area (Å²) in [5, 5.41) is 3.61. The van der Waals surface area contributed by atoms with Crippen LogP contribution in [0.2, 0.25) is 5.02 Å². The Morgan fingerprint density at radius 3 is 2.39 bits per heavy atom. The van der Waals surface area contributed by atoms with Crippen molar-refractivity contribution in [2.75, 3.05) is 5.32 Å². The van der Waals surface area contributed by atoms with Crippen LogP contribution in [0.25, 0.3) is 11.0 Å². The fourth-order valence-electron chi connectivity index (χ4n) is 3.77. The Kier molecular flexibility index (Phi) is 6.11. The molecule has 2 aromatic carbocycles.